The molecular formula is C45H33N4Pt-. The van der Waals surface area contributed by atoms with E-state index < -0.39 is 12.4 Å². The van der Waals surface area contributed by atoms with Gasteiger partial charge in [0.25, 0.3) is 0 Å². The number of aromatic nitrogens is 4. The zero-order valence-corrected chi connectivity index (χ0v) is 29.5. The summed E-state index contributed by atoms with van der Waals surface area (Å²) < 4.78 is 30.3. The van der Waals surface area contributed by atoms with E-state index in [1.165, 1.54) is 4.57 Å². The first kappa shape index (κ1) is 28.3. The largest absolute Gasteiger partial charge is 0.319 e. The van der Waals surface area contributed by atoms with Crippen LogP contribution in [0.1, 0.15) is 31.9 Å². The summed E-state index contributed by atoms with van der Waals surface area (Å²) in [6.45, 7) is -0.268. The minimum atomic E-state index is -2.35. The molecule has 0 aliphatic rings. The molecule has 5 heteroatoms. The maximum atomic E-state index is 8.27. The summed E-state index contributed by atoms with van der Waals surface area (Å²) in [5, 5.41) is 2.22. The van der Waals surface area contributed by atoms with Crippen molar-refractivity contribution < 1.29 is 25.2 Å². The van der Waals surface area contributed by atoms with Crippen molar-refractivity contribution in [2.45, 2.75) is 12.3 Å². The van der Waals surface area contributed by atoms with E-state index in [0.717, 1.165) is 66.6 Å². The number of imidazole rings is 1. The number of benzene rings is 6. The van der Waals surface area contributed by atoms with Crippen molar-refractivity contribution >= 4 is 32.8 Å². The van der Waals surface area contributed by atoms with Crippen LogP contribution in [-0.4, -0.2) is 18.7 Å². The van der Waals surface area contributed by atoms with E-state index >= 15 is 0 Å². The standard InChI is InChI=1S/C45H33N4.Pt/c1-32-26-27-46-44(28-32)49-40-21-10-9-20-38(40)39-25-24-36(30-43(39)49)45(33-14-5-3-6-15-33,34-16-7-4-8-17-34)35-18-13-19-37(29-35)48-31-47(2)41-22-11-12-23-42(41)48;/h3-28,31H,1-2H3;/q-1;/i2D3;. The quantitative estimate of drug-likeness (QED) is 0.121. The Hall–Kier alpha value is -5.57. The second-order valence-corrected chi connectivity index (χ2v) is 12.5. The van der Waals surface area contributed by atoms with Crippen LogP contribution in [0.2, 0.25) is 0 Å². The Bertz CT molecular complexity index is 2710. The van der Waals surface area contributed by atoms with Crippen molar-refractivity contribution in [2.75, 3.05) is 0 Å². The molecule has 3 heterocycles. The van der Waals surface area contributed by atoms with E-state index in [0.29, 0.717) is 5.52 Å². The molecule has 0 saturated heterocycles. The van der Waals surface area contributed by atoms with Gasteiger partial charge in [0.05, 0.1) is 0 Å². The number of nitrogens with zero attached hydrogens (tertiary/aromatic N) is 4. The van der Waals surface area contributed by atoms with Crippen molar-refractivity contribution in [1.82, 2.24) is 18.7 Å². The summed E-state index contributed by atoms with van der Waals surface area (Å²) in [6.07, 6.45) is 3.51. The smallest absolute Gasteiger partial charge is 0.188 e. The van der Waals surface area contributed by atoms with Gasteiger partial charge in [-0.3, -0.25) is 0 Å². The first-order valence-corrected chi connectivity index (χ1v) is 16.4. The fraction of sp³-hybridized carbons (Fsp3) is 0.0667. The van der Waals surface area contributed by atoms with Crippen LogP contribution in [0.5, 0.6) is 0 Å². The van der Waals surface area contributed by atoms with Crippen LogP contribution in [0.15, 0.2) is 164 Å². The molecule has 0 unspecified atom stereocenters. The van der Waals surface area contributed by atoms with E-state index in [-0.39, 0.29) is 21.1 Å². The van der Waals surface area contributed by atoms with Gasteiger partial charge >= 0.3 is 0 Å². The maximum absolute atomic E-state index is 8.27. The van der Waals surface area contributed by atoms with Crippen molar-refractivity contribution in [3.63, 3.8) is 0 Å². The average Bonchev–Trinajstić information content (AvgIpc) is 3.73. The van der Waals surface area contributed by atoms with Gasteiger partial charge in [-0.05, 0) is 59.3 Å². The van der Waals surface area contributed by atoms with Crippen molar-refractivity contribution in [2.24, 2.45) is 6.98 Å². The van der Waals surface area contributed by atoms with Crippen LogP contribution < -0.4 is 0 Å². The third-order valence-corrected chi connectivity index (χ3v) is 9.61. The van der Waals surface area contributed by atoms with Gasteiger partial charge in [0.15, 0.2) is 17.4 Å². The van der Waals surface area contributed by atoms with E-state index in [2.05, 4.69) is 121 Å². The summed E-state index contributed by atoms with van der Waals surface area (Å²) in [5.41, 5.74) is 8.32. The van der Waals surface area contributed by atoms with Crippen molar-refractivity contribution in [3.05, 3.63) is 204 Å². The van der Waals surface area contributed by atoms with E-state index in [9.17, 15) is 0 Å². The summed E-state index contributed by atoms with van der Waals surface area (Å²) in [7, 11) is 0. The van der Waals surface area contributed by atoms with Gasteiger partial charge in [0, 0.05) is 67.1 Å². The predicted octanol–water partition coefficient (Wildman–Crippen LogP) is 10.0. The van der Waals surface area contributed by atoms with Gasteiger partial charge in [-0.25, -0.2) is 14.1 Å². The summed E-state index contributed by atoms with van der Waals surface area (Å²) in [6, 6.07) is 59.4. The van der Waals surface area contributed by atoms with Gasteiger partial charge < -0.3 is 4.57 Å². The maximum Gasteiger partial charge on any atom is 0.188 e. The molecule has 0 radical (unpaired) electrons. The SMILES string of the molecule is [2H]C([2H])([2H])n1[cH+]n(-c2[c-]c(C(c3[c-]c4c(cc3)c3ccccc3n4-c3cc(C)ccn3)(c3ccccc3)c3ccccc3)ccc2)c2ccccc21.[Pt]. The van der Waals surface area contributed by atoms with Gasteiger partial charge in [-0.1, -0.05) is 90.4 Å². The molecule has 0 saturated carbocycles. The summed E-state index contributed by atoms with van der Waals surface area (Å²) in [5.74, 6) is 0.834. The molecule has 50 heavy (non-hydrogen) atoms. The van der Waals surface area contributed by atoms with Crippen LogP contribution in [0.4, 0.5) is 0 Å². The fourth-order valence-corrected chi connectivity index (χ4v) is 7.42. The summed E-state index contributed by atoms with van der Waals surface area (Å²) >= 11 is 0. The molecule has 4 nitrogen and oxygen atoms in total. The second kappa shape index (κ2) is 12.7. The number of hydrogen-bond donors (Lipinski definition) is 0. The zero-order chi connectivity index (χ0) is 35.5. The van der Waals surface area contributed by atoms with Crippen LogP contribution in [0.3, 0.4) is 0 Å². The summed E-state index contributed by atoms with van der Waals surface area (Å²) in [4.78, 5) is 4.83. The Labute approximate surface area is 310 Å². The number of aryl methyl sites for hydroxylation is 2. The third kappa shape index (κ3) is 4.94. The molecule has 0 N–H and O–H groups in total. The minimum Gasteiger partial charge on any atom is -0.319 e. The molecule has 6 aromatic carbocycles. The first-order valence-electron chi connectivity index (χ1n) is 17.9. The van der Waals surface area contributed by atoms with E-state index in [1.807, 2.05) is 65.4 Å². The van der Waals surface area contributed by atoms with Gasteiger partial charge in [0.2, 0.25) is 0 Å². The molecule has 0 aliphatic carbocycles. The molecule has 0 atom stereocenters. The number of para-hydroxylation sites is 3. The minimum absolute atomic E-state index is 0. The Morgan fingerprint density at radius 3 is 2.02 bits per heavy atom. The average molecular weight is 828 g/mol. The molecule has 0 amide bonds. The van der Waals surface area contributed by atoms with Crippen LogP contribution in [0.25, 0.3) is 44.3 Å². The number of pyridine rings is 1. The third-order valence-electron chi connectivity index (χ3n) is 9.61. The van der Waals surface area contributed by atoms with E-state index in [1.54, 1.807) is 6.33 Å². The van der Waals surface area contributed by atoms with Gasteiger partial charge in [-0.15, -0.1) is 22.6 Å². The molecule has 244 valence electrons. The van der Waals surface area contributed by atoms with Crippen LogP contribution in [-0.2, 0) is 33.5 Å². The zero-order valence-electron chi connectivity index (χ0n) is 30.2. The molecule has 0 bridgehead atoms. The number of fused-ring (bicyclic) bond motifs is 4. The Morgan fingerprint density at radius 2 is 1.30 bits per heavy atom. The second-order valence-electron chi connectivity index (χ2n) is 12.5. The monoisotopic (exact) mass is 827 g/mol. The molecule has 0 fully saturated rings. The van der Waals surface area contributed by atoms with Crippen LogP contribution in [0, 0.1) is 19.1 Å². The molecule has 9 aromatic rings. The normalized spacial score (nSPS) is 12.8. The predicted molar refractivity (Wildman–Crippen MR) is 200 cm³/mol. The Kier molecular flexibility index (Phi) is 7.19. The van der Waals surface area contributed by atoms with Crippen molar-refractivity contribution in [3.8, 4) is 11.5 Å². The van der Waals surface area contributed by atoms with Crippen molar-refractivity contribution in [1.29, 1.82) is 0 Å². The number of hydrogen-bond acceptors (Lipinski definition) is 1. The first-order chi connectivity index (χ1) is 25.3. The Balaban J connectivity index is 0.00000400. The molecule has 0 aliphatic heterocycles. The molecule has 3 aromatic heterocycles. The molecular weight excluding hydrogens is 792 g/mol. The van der Waals surface area contributed by atoms with Crippen LogP contribution >= 0.6 is 0 Å². The molecule has 0 spiro atoms. The topological polar surface area (TPSA) is 27.7 Å². The molecule has 9 rings (SSSR count). The van der Waals surface area contributed by atoms with E-state index in [4.69, 9.17) is 9.10 Å². The van der Waals surface area contributed by atoms with Gasteiger partial charge in [0.1, 0.15) is 5.82 Å². The number of rotatable bonds is 6. The van der Waals surface area contributed by atoms with Gasteiger partial charge in [-0.2, -0.15) is 30.3 Å². The fourth-order valence-electron chi connectivity index (χ4n) is 7.42. The Morgan fingerprint density at radius 1 is 0.640 bits per heavy atom.